The van der Waals surface area contributed by atoms with Crippen molar-refractivity contribution in [1.82, 2.24) is 9.88 Å². The van der Waals surface area contributed by atoms with Gasteiger partial charge in [-0.2, -0.15) is 0 Å². The van der Waals surface area contributed by atoms with Crippen LogP contribution >= 0.6 is 0 Å². The van der Waals surface area contributed by atoms with Crippen LogP contribution in [0.5, 0.6) is 5.75 Å². The van der Waals surface area contributed by atoms with Crippen LogP contribution in [0, 0.1) is 0 Å². The number of amides is 1. The van der Waals surface area contributed by atoms with E-state index < -0.39 is 5.91 Å². The molecule has 1 atom stereocenters. The highest BCUT2D eigenvalue weighted by Gasteiger charge is 2.16. The van der Waals surface area contributed by atoms with Crippen LogP contribution in [0.3, 0.4) is 0 Å². The number of nitrogens with two attached hydrogens (primary N) is 1. The second-order valence-electron chi connectivity index (χ2n) is 5.50. The van der Waals surface area contributed by atoms with Crippen molar-refractivity contribution in [2.24, 2.45) is 5.73 Å². The molecule has 0 saturated heterocycles. The lowest BCUT2D eigenvalue weighted by molar-refractivity contribution is -0.119. The van der Waals surface area contributed by atoms with Gasteiger partial charge in [0.05, 0.1) is 11.7 Å². The molecule has 0 unspecified atom stereocenters. The van der Waals surface area contributed by atoms with Gasteiger partial charge in [-0.15, -0.1) is 0 Å². The van der Waals surface area contributed by atoms with Crippen LogP contribution in [-0.2, 0) is 11.3 Å². The predicted octanol–water partition coefficient (Wildman–Crippen LogP) is 2.53. The van der Waals surface area contributed by atoms with Crippen molar-refractivity contribution in [3.8, 4) is 5.75 Å². The number of nitrogens with zero attached hydrogens (tertiary/aromatic N) is 2. The van der Waals surface area contributed by atoms with E-state index in [0.29, 0.717) is 5.75 Å². The Morgan fingerprint density at radius 1 is 1.30 bits per heavy atom. The molecule has 0 spiro atoms. The average molecular weight is 313 g/mol. The molecule has 1 aromatic carbocycles. The van der Waals surface area contributed by atoms with Crippen molar-refractivity contribution in [3.63, 3.8) is 0 Å². The second-order valence-corrected chi connectivity index (χ2v) is 5.50. The van der Waals surface area contributed by atoms with Crippen LogP contribution in [0.1, 0.15) is 30.6 Å². The van der Waals surface area contributed by atoms with E-state index in [1.165, 1.54) is 0 Å². The number of hydrogen-bond acceptors (Lipinski definition) is 4. The minimum Gasteiger partial charge on any atom is -0.484 e. The summed E-state index contributed by atoms with van der Waals surface area (Å²) in [5, 5.41) is 0. The van der Waals surface area contributed by atoms with E-state index in [4.69, 9.17) is 10.5 Å². The lowest BCUT2D eigenvalue weighted by atomic mass is 10.1. The Hall–Kier alpha value is -2.40. The fourth-order valence-corrected chi connectivity index (χ4v) is 2.61. The third kappa shape index (κ3) is 5.07. The molecule has 5 nitrogen and oxygen atoms in total. The van der Waals surface area contributed by atoms with Gasteiger partial charge in [0.2, 0.25) is 0 Å². The van der Waals surface area contributed by atoms with Gasteiger partial charge in [0.1, 0.15) is 5.75 Å². The van der Waals surface area contributed by atoms with Crippen LogP contribution < -0.4 is 10.5 Å². The number of ether oxygens (including phenoxy) is 1. The number of rotatable bonds is 8. The number of hydrogen-bond donors (Lipinski definition) is 1. The van der Waals surface area contributed by atoms with Crippen LogP contribution in [-0.4, -0.2) is 29.4 Å². The molecule has 1 amide bonds. The largest absolute Gasteiger partial charge is 0.484 e. The van der Waals surface area contributed by atoms with Crippen molar-refractivity contribution >= 4 is 5.91 Å². The molecule has 0 aliphatic rings. The Morgan fingerprint density at radius 2 is 2.13 bits per heavy atom. The number of carbonyl (C=O) groups excluding carboxylic acids is 1. The molecule has 23 heavy (non-hydrogen) atoms. The highest BCUT2D eigenvalue weighted by molar-refractivity contribution is 5.75. The first kappa shape index (κ1) is 17.0. The molecule has 1 aromatic heterocycles. The molecule has 0 saturated carbocycles. The van der Waals surface area contributed by atoms with E-state index in [9.17, 15) is 4.79 Å². The molecule has 0 aliphatic heterocycles. The first-order valence-electron chi connectivity index (χ1n) is 7.71. The van der Waals surface area contributed by atoms with Crippen LogP contribution in [0.2, 0.25) is 0 Å². The summed E-state index contributed by atoms with van der Waals surface area (Å²) >= 11 is 0. The Morgan fingerprint density at radius 3 is 2.78 bits per heavy atom. The maximum Gasteiger partial charge on any atom is 0.255 e. The zero-order chi connectivity index (χ0) is 16.7. The maximum absolute atomic E-state index is 10.8. The van der Waals surface area contributed by atoms with E-state index >= 15 is 0 Å². The summed E-state index contributed by atoms with van der Waals surface area (Å²) in [4.78, 5) is 17.5. The fraction of sp³-hybridized carbons (Fsp3) is 0.333. The molecule has 2 rings (SSSR count). The molecule has 0 bridgehead atoms. The minimum absolute atomic E-state index is 0.106. The standard InChI is InChI=1S/C18H23N3O2/c1-3-17(16-9-4-5-10-20-16)21(2)12-14-7-6-8-15(11-14)23-13-18(19)22/h4-11,17H,3,12-13H2,1-2H3,(H2,19,22)/t17-/m0/s1. The van der Waals surface area contributed by atoms with Crippen LogP contribution in [0.25, 0.3) is 0 Å². The zero-order valence-corrected chi connectivity index (χ0v) is 13.6. The number of carbonyl (C=O) groups is 1. The molecule has 0 aliphatic carbocycles. The molecule has 2 aromatic rings. The summed E-state index contributed by atoms with van der Waals surface area (Å²) in [5.74, 6) is 0.175. The molecule has 0 fully saturated rings. The molecular weight excluding hydrogens is 290 g/mol. The van der Waals surface area contributed by atoms with Crippen LogP contribution in [0.15, 0.2) is 48.7 Å². The number of benzene rings is 1. The van der Waals surface area contributed by atoms with Crippen molar-refractivity contribution in [2.45, 2.75) is 25.9 Å². The first-order chi connectivity index (χ1) is 11.1. The van der Waals surface area contributed by atoms with Gasteiger partial charge in [-0.25, -0.2) is 0 Å². The quantitative estimate of drug-likeness (QED) is 0.813. The van der Waals surface area contributed by atoms with Gasteiger partial charge < -0.3 is 10.5 Å². The van der Waals surface area contributed by atoms with E-state index in [1.807, 2.05) is 42.6 Å². The smallest absolute Gasteiger partial charge is 0.255 e. The fourth-order valence-electron chi connectivity index (χ4n) is 2.61. The lowest BCUT2D eigenvalue weighted by Gasteiger charge is -2.26. The van der Waals surface area contributed by atoms with Gasteiger partial charge in [-0.1, -0.05) is 25.1 Å². The Labute approximate surface area is 137 Å². The van der Waals surface area contributed by atoms with Gasteiger partial charge in [0.25, 0.3) is 5.91 Å². The van der Waals surface area contributed by atoms with Crippen molar-refractivity contribution < 1.29 is 9.53 Å². The lowest BCUT2D eigenvalue weighted by Crippen LogP contribution is -2.24. The van der Waals surface area contributed by atoms with Crippen LogP contribution in [0.4, 0.5) is 0 Å². The van der Waals surface area contributed by atoms with E-state index in [1.54, 1.807) is 0 Å². The third-order valence-electron chi connectivity index (χ3n) is 3.66. The predicted molar refractivity (Wildman–Crippen MR) is 89.9 cm³/mol. The molecular formula is C18H23N3O2. The SMILES string of the molecule is CC[C@@H](c1ccccn1)N(C)Cc1cccc(OCC(N)=O)c1. The van der Waals surface area contributed by atoms with E-state index in [2.05, 4.69) is 29.9 Å². The van der Waals surface area contributed by atoms with Crippen molar-refractivity contribution in [3.05, 3.63) is 59.9 Å². The van der Waals surface area contributed by atoms with Gasteiger partial charge in [-0.3, -0.25) is 14.7 Å². The average Bonchev–Trinajstić information content (AvgIpc) is 2.55. The highest BCUT2D eigenvalue weighted by Crippen LogP contribution is 2.23. The zero-order valence-electron chi connectivity index (χ0n) is 13.6. The summed E-state index contributed by atoms with van der Waals surface area (Å²) < 4.78 is 5.36. The number of primary amides is 1. The van der Waals surface area contributed by atoms with E-state index in [-0.39, 0.29) is 12.6 Å². The monoisotopic (exact) mass is 313 g/mol. The number of aromatic nitrogens is 1. The molecule has 0 radical (unpaired) electrons. The van der Waals surface area contributed by atoms with E-state index in [0.717, 1.165) is 24.2 Å². The molecule has 5 heteroatoms. The summed E-state index contributed by atoms with van der Waals surface area (Å²) in [7, 11) is 2.08. The highest BCUT2D eigenvalue weighted by atomic mass is 16.5. The normalized spacial score (nSPS) is 12.1. The van der Waals surface area contributed by atoms with Gasteiger partial charge in [-0.05, 0) is 43.3 Å². The molecule has 2 N–H and O–H groups in total. The summed E-state index contributed by atoms with van der Waals surface area (Å²) in [6, 6.07) is 14.0. The number of pyridine rings is 1. The first-order valence-corrected chi connectivity index (χ1v) is 7.71. The Bertz CT molecular complexity index is 631. The molecule has 122 valence electrons. The van der Waals surface area contributed by atoms with Gasteiger partial charge >= 0.3 is 0 Å². The summed E-state index contributed by atoms with van der Waals surface area (Å²) in [5.41, 5.74) is 7.28. The van der Waals surface area contributed by atoms with Gasteiger partial charge in [0, 0.05) is 12.7 Å². The third-order valence-corrected chi connectivity index (χ3v) is 3.66. The second kappa shape index (κ2) is 8.29. The topological polar surface area (TPSA) is 68.5 Å². The summed E-state index contributed by atoms with van der Waals surface area (Å²) in [6.07, 6.45) is 2.80. The maximum atomic E-state index is 10.8. The Kier molecular flexibility index (Phi) is 6.11. The summed E-state index contributed by atoms with van der Waals surface area (Å²) in [6.45, 7) is 2.82. The molecule has 1 heterocycles. The van der Waals surface area contributed by atoms with Gasteiger partial charge in [0.15, 0.2) is 6.61 Å². The minimum atomic E-state index is -0.478. The van der Waals surface area contributed by atoms with Crippen molar-refractivity contribution in [2.75, 3.05) is 13.7 Å². The Balaban J connectivity index is 2.05. The van der Waals surface area contributed by atoms with Crippen molar-refractivity contribution in [1.29, 1.82) is 0 Å².